The number of aryl methyl sites for hydroxylation is 2. The average molecular weight is 302 g/mol. The molecule has 0 aliphatic carbocycles. The summed E-state index contributed by atoms with van der Waals surface area (Å²) in [5.41, 5.74) is 1.89. The Morgan fingerprint density at radius 2 is 1.73 bits per heavy atom. The molecule has 2 aromatic carbocycles. The van der Waals surface area contributed by atoms with Gasteiger partial charge in [-0.05, 0) is 48.6 Å². The van der Waals surface area contributed by atoms with Gasteiger partial charge in [-0.3, -0.25) is 0 Å². The van der Waals surface area contributed by atoms with E-state index in [0.717, 1.165) is 31.2 Å². The Labute approximate surface area is 128 Å². The maximum Gasteiger partial charge on any atom is 0.171 e. The van der Waals surface area contributed by atoms with Gasteiger partial charge in [0.25, 0.3) is 0 Å². The van der Waals surface area contributed by atoms with Crippen LogP contribution in [0.4, 0.5) is 8.78 Å². The van der Waals surface area contributed by atoms with Crippen LogP contribution in [0.1, 0.15) is 44.2 Å². The molecule has 22 heavy (non-hydrogen) atoms. The van der Waals surface area contributed by atoms with E-state index in [1.165, 1.54) is 6.07 Å². The first kappa shape index (κ1) is 15.0. The number of unbranched alkanes of at least 4 members (excludes halogenated alkanes) is 1. The molecule has 0 saturated carbocycles. The van der Waals surface area contributed by atoms with E-state index < -0.39 is 5.82 Å². The fourth-order valence-electron chi connectivity index (χ4n) is 2.95. The Balaban J connectivity index is 2.21. The Morgan fingerprint density at radius 1 is 0.909 bits per heavy atom. The van der Waals surface area contributed by atoms with Crippen LogP contribution in [0, 0.1) is 11.6 Å². The molecule has 0 aliphatic rings. The Morgan fingerprint density at radius 3 is 2.45 bits per heavy atom. The molecule has 0 fully saturated rings. The highest BCUT2D eigenvalue weighted by Gasteiger charge is 2.17. The first-order chi connectivity index (χ1) is 10.7. The van der Waals surface area contributed by atoms with Crippen LogP contribution < -0.4 is 0 Å². The van der Waals surface area contributed by atoms with Gasteiger partial charge in [0.2, 0.25) is 0 Å². The molecule has 0 saturated heterocycles. The highest BCUT2D eigenvalue weighted by molar-refractivity contribution is 6.05. The van der Waals surface area contributed by atoms with Crippen molar-refractivity contribution in [1.29, 1.82) is 0 Å². The molecule has 0 unspecified atom stereocenters. The van der Waals surface area contributed by atoms with Crippen molar-refractivity contribution in [2.24, 2.45) is 0 Å². The minimum absolute atomic E-state index is 0.155. The van der Waals surface area contributed by atoms with Crippen LogP contribution in [0.3, 0.4) is 0 Å². The number of fused-ring (bicyclic) bond motifs is 3. The molecule has 0 amide bonds. The molecule has 1 nitrogen and oxygen atoms in total. The molecular weight excluding hydrogens is 282 g/mol. The maximum atomic E-state index is 14.5. The minimum atomic E-state index is -0.406. The van der Waals surface area contributed by atoms with E-state index in [0.29, 0.717) is 22.8 Å². The van der Waals surface area contributed by atoms with Crippen LogP contribution in [0.2, 0.25) is 0 Å². The zero-order valence-corrected chi connectivity index (χ0v) is 13.0. The van der Waals surface area contributed by atoms with Crippen LogP contribution >= 0.6 is 0 Å². The number of furan rings is 1. The van der Waals surface area contributed by atoms with Gasteiger partial charge in [-0.2, -0.15) is 0 Å². The lowest BCUT2D eigenvalue weighted by molar-refractivity contribution is 0.550. The summed E-state index contributed by atoms with van der Waals surface area (Å²) < 4.78 is 34.3. The predicted octanol–water partition coefficient (Wildman–Crippen LogP) is 6.16. The second-order valence-electron chi connectivity index (χ2n) is 5.83. The van der Waals surface area contributed by atoms with Crippen molar-refractivity contribution in [3.8, 4) is 0 Å². The van der Waals surface area contributed by atoms with Gasteiger partial charge in [-0.15, -0.1) is 0 Å². The van der Waals surface area contributed by atoms with Gasteiger partial charge in [-0.25, -0.2) is 8.78 Å². The quantitative estimate of drug-likeness (QED) is 0.550. The second-order valence-corrected chi connectivity index (χ2v) is 5.83. The summed E-state index contributed by atoms with van der Waals surface area (Å²) in [6.45, 7) is 4.11. The smallest absolute Gasteiger partial charge is 0.171 e. The molecule has 3 heteroatoms. The molecule has 0 atom stereocenters. The molecular formula is C19H20F2O. The molecule has 0 bridgehead atoms. The number of halogens is 2. The van der Waals surface area contributed by atoms with Crippen molar-refractivity contribution in [1.82, 2.24) is 0 Å². The zero-order valence-electron chi connectivity index (χ0n) is 13.0. The van der Waals surface area contributed by atoms with Crippen LogP contribution in [0.5, 0.6) is 0 Å². The van der Waals surface area contributed by atoms with Gasteiger partial charge in [0, 0.05) is 10.8 Å². The maximum absolute atomic E-state index is 14.5. The Bertz CT molecular complexity index is 817. The molecule has 1 heterocycles. The van der Waals surface area contributed by atoms with Crippen LogP contribution in [0.15, 0.2) is 28.7 Å². The second kappa shape index (κ2) is 6.07. The Kier molecular flexibility index (Phi) is 4.14. The topological polar surface area (TPSA) is 13.1 Å². The summed E-state index contributed by atoms with van der Waals surface area (Å²) in [5.74, 6) is -0.763. The van der Waals surface area contributed by atoms with Crippen LogP contribution in [-0.4, -0.2) is 0 Å². The normalized spacial score (nSPS) is 11.6. The van der Waals surface area contributed by atoms with E-state index in [9.17, 15) is 8.78 Å². The Hall–Kier alpha value is -1.90. The highest BCUT2D eigenvalue weighted by atomic mass is 19.1. The first-order valence-electron chi connectivity index (χ1n) is 7.97. The lowest BCUT2D eigenvalue weighted by Gasteiger charge is -2.01. The third-order valence-corrected chi connectivity index (χ3v) is 4.11. The fraction of sp³-hybridized carbons (Fsp3) is 0.368. The molecule has 0 spiro atoms. The number of hydrogen-bond donors (Lipinski definition) is 0. The summed E-state index contributed by atoms with van der Waals surface area (Å²) in [6.07, 6.45) is 4.41. The third kappa shape index (κ3) is 2.49. The standard InChI is InChI=1S/C19H20F2O/c1-3-5-7-12-10-15-14-9-8-13(6-4-2)17(21)19(14)22-18(15)16(20)11-12/h8-11H,3-7H2,1-2H3. The van der Waals surface area contributed by atoms with Gasteiger partial charge >= 0.3 is 0 Å². The lowest BCUT2D eigenvalue weighted by Crippen LogP contribution is -1.89. The third-order valence-electron chi connectivity index (χ3n) is 4.11. The molecule has 0 aliphatic heterocycles. The molecule has 116 valence electrons. The minimum Gasteiger partial charge on any atom is -0.450 e. The molecule has 0 radical (unpaired) electrons. The molecule has 3 aromatic rings. The molecule has 3 rings (SSSR count). The van der Waals surface area contributed by atoms with E-state index in [1.807, 2.05) is 19.1 Å². The van der Waals surface area contributed by atoms with Gasteiger partial charge in [0.15, 0.2) is 22.8 Å². The first-order valence-corrected chi connectivity index (χ1v) is 7.97. The van der Waals surface area contributed by atoms with E-state index in [1.54, 1.807) is 6.07 Å². The van der Waals surface area contributed by atoms with E-state index in [2.05, 4.69) is 6.92 Å². The summed E-state index contributed by atoms with van der Waals surface area (Å²) in [7, 11) is 0. The van der Waals surface area contributed by atoms with Crippen molar-refractivity contribution < 1.29 is 13.2 Å². The van der Waals surface area contributed by atoms with Gasteiger partial charge < -0.3 is 4.42 Å². The van der Waals surface area contributed by atoms with Crippen molar-refractivity contribution >= 4 is 21.9 Å². The van der Waals surface area contributed by atoms with Crippen molar-refractivity contribution in [2.75, 3.05) is 0 Å². The van der Waals surface area contributed by atoms with Crippen molar-refractivity contribution in [3.05, 3.63) is 47.0 Å². The molecule has 0 N–H and O–H groups in total. The molecule has 1 aromatic heterocycles. The number of rotatable bonds is 5. The summed E-state index contributed by atoms with van der Waals surface area (Å²) in [5, 5.41) is 1.33. The highest BCUT2D eigenvalue weighted by Crippen LogP contribution is 2.34. The van der Waals surface area contributed by atoms with E-state index in [4.69, 9.17) is 4.42 Å². The number of hydrogen-bond acceptors (Lipinski definition) is 1. The largest absolute Gasteiger partial charge is 0.450 e. The van der Waals surface area contributed by atoms with Crippen LogP contribution in [0.25, 0.3) is 21.9 Å². The predicted molar refractivity (Wildman–Crippen MR) is 86.2 cm³/mol. The summed E-state index contributed by atoms with van der Waals surface area (Å²) in [4.78, 5) is 0. The SMILES string of the molecule is CCCCc1cc(F)c2oc3c(F)c(CCC)ccc3c2c1. The summed E-state index contributed by atoms with van der Waals surface area (Å²) >= 11 is 0. The summed E-state index contributed by atoms with van der Waals surface area (Å²) in [6, 6.07) is 7.06. The van der Waals surface area contributed by atoms with Crippen molar-refractivity contribution in [3.63, 3.8) is 0 Å². The lowest BCUT2D eigenvalue weighted by atomic mass is 10.0. The van der Waals surface area contributed by atoms with E-state index >= 15 is 0 Å². The monoisotopic (exact) mass is 302 g/mol. The van der Waals surface area contributed by atoms with Gasteiger partial charge in [0.05, 0.1) is 0 Å². The zero-order chi connectivity index (χ0) is 15.7. The van der Waals surface area contributed by atoms with Gasteiger partial charge in [0.1, 0.15) is 0 Å². The van der Waals surface area contributed by atoms with E-state index in [-0.39, 0.29) is 17.0 Å². The van der Waals surface area contributed by atoms with Crippen molar-refractivity contribution in [2.45, 2.75) is 46.0 Å². The van der Waals surface area contributed by atoms with Crippen LogP contribution in [-0.2, 0) is 12.8 Å². The fourth-order valence-corrected chi connectivity index (χ4v) is 2.95. The average Bonchev–Trinajstić information content (AvgIpc) is 2.88. The van der Waals surface area contributed by atoms with Gasteiger partial charge in [-0.1, -0.05) is 32.8 Å². The number of benzene rings is 2.